The zero-order valence-electron chi connectivity index (χ0n) is 16.1. The van der Waals surface area contributed by atoms with Gasteiger partial charge in [-0.1, -0.05) is 36.8 Å². The molecule has 2 aromatic carbocycles. The van der Waals surface area contributed by atoms with Crippen molar-refractivity contribution >= 4 is 15.9 Å². The molecule has 0 heterocycles. The number of amides is 1. The Morgan fingerprint density at radius 1 is 1.11 bits per heavy atom. The van der Waals surface area contributed by atoms with Gasteiger partial charge in [-0.15, -0.1) is 0 Å². The topological polar surface area (TPSA) is 75.7 Å². The summed E-state index contributed by atoms with van der Waals surface area (Å²) in [5.74, 6) is 0.384. The monoisotopic (exact) mass is 390 g/mol. The van der Waals surface area contributed by atoms with Crippen molar-refractivity contribution in [3.05, 3.63) is 59.7 Å². The Hall–Kier alpha value is -2.38. The van der Waals surface area contributed by atoms with Crippen LogP contribution in [0.3, 0.4) is 0 Å². The van der Waals surface area contributed by atoms with Gasteiger partial charge in [-0.05, 0) is 43.7 Å². The molecule has 6 nitrogen and oxygen atoms in total. The van der Waals surface area contributed by atoms with E-state index in [2.05, 4.69) is 5.32 Å². The molecule has 1 unspecified atom stereocenters. The van der Waals surface area contributed by atoms with Crippen molar-refractivity contribution in [3.63, 3.8) is 0 Å². The summed E-state index contributed by atoms with van der Waals surface area (Å²) in [5.41, 5.74) is 1.89. The first-order valence-corrected chi connectivity index (χ1v) is 10.2. The lowest BCUT2D eigenvalue weighted by Gasteiger charge is -2.22. The molecule has 0 fully saturated rings. The number of aryl methyl sites for hydroxylation is 1. The number of carbonyl (C=O) groups is 1. The molecular weight excluding hydrogens is 364 g/mol. The van der Waals surface area contributed by atoms with E-state index in [1.165, 1.54) is 4.31 Å². The van der Waals surface area contributed by atoms with Crippen LogP contribution < -0.4 is 10.1 Å². The highest BCUT2D eigenvalue weighted by Crippen LogP contribution is 2.18. The van der Waals surface area contributed by atoms with Crippen LogP contribution in [0.4, 0.5) is 0 Å². The van der Waals surface area contributed by atoms with E-state index in [-0.39, 0.29) is 29.9 Å². The number of benzene rings is 2. The molecule has 0 bridgehead atoms. The highest BCUT2D eigenvalue weighted by Gasteiger charge is 2.25. The van der Waals surface area contributed by atoms with Gasteiger partial charge in [0.1, 0.15) is 5.75 Å². The van der Waals surface area contributed by atoms with E-state index in [9.17, 15) is 13.2 Å². The van der Waals surface area contributed by atoms with E-state index in [4.69, 9.17) is 4.74 Å². The number of likely N-dealkylation sites (N-methyl/N-ethyl adjacent to an activating group) is 1. The molecule has 0 saturated heterocycles. The fourth-order valence-electron chi connectivity index (χ4n) is 2.65. The molecule has 2 rings (SSSR count). The standard InChI is InChI=1S/C20H26N2O4S/c1-5-22(27(24,25)19-12-6-15(2)7-13-19)14-20(23)21-16(3)17-8-10-18(26-4)11-9-17/h6-13,16H,5,14H2,1-4H3,(H,21,23). The van der Waals surface area contributed by atoms with Crippen LogP contribution in [0.25, 0.3) is 0 Å². The lowest BCUT2D eigenvalue weighted by molar-refractivity contribution is -0.121. The normalized spacial score (nSPS) is 12.6. The zero-order chi connectivity index (χ0) is 20.0. The number of sulfonamides is 1. The maximum absolute atomic E-state index is 12.8. The Kier molecular flexibility index (Phi) is 6.98. The lowest BCUT2D eigenvalue weighted by atomic mass is 10.1. The van der Waals surface area contributed by atoms with Crippen molar-refractivity contribution in [3.8, 4) is 5.75 Å². The second-order valence-corrected chi connectivity index (χ2v) is 8.24. The van der Waals surface area contributed by atoms with Gasteiger partial charge in [0.2, 0.25) is 15.9 Å². The van der Waals surface area contributed by atoms with Crippen molar-refractivity contribution in [2.24, 2.45) is 0 Å². The number of hydrogen-bond donors (Lipinski definition) is 1. The molecule has 7 heteroatoms. The molecule has 0 saturated carbocycles. The van der Waals surface area contributed by atoms with Gasteiger partial charge in [-0.2, -0.15) is 4.31 Å². The summed E-state index contributed by atoms with van der Waals surface area (Å²) in [5, 5.41) is 2.85. The summed E-state index contributed by atoms with van der Waals surface area (Å²) in [6.45, 7) is 5.44. The van der Waals surface area contributed by atoms with Crippen LogP contribution in [0.5, 0.6) is 5.75 Å². The van der Waals surface area contributed by atoms with Gasteiger partial charge in [-0.25, -0.2) is 8.42 Å². The first-order chi connectivity index (χ1) is 12.8. The number of methoxy groups -OCH3 is 1. The Morgan fingerprint density at radius 2 is 1.70 bits per heavy atom. The van der Waals surface area contributed by atoms with Crippen molar-refractivity contribution in [1.29, 1.82) is 0 Å². The van der Waals surface area contributed by atoms with Gasteiger partial charge in [0.25, 0.3) is 0 Å². The number of nitrogens with zero attached hydrogens (tertiary/aromatic N) is 1. The fourth-order valence-corrected chi connectivity index (χ4v) is 4.05. The summed E-state index contributed by atoms with van der Waals surface area (Å²) in [6.07, 6.45) is 0. The van der Waals surface area contributed by atoms with Crippen LogP contribution in [0, 0.1) is 6.92 Å². The minimum Gasteiger partial charge on any atom is -0.497 e. The second-order valence-electron chi connectivity index (χ2n) is 6.31. The first kappa shape index (κ1) is 20.9. The molecule has 1 amide bonds. The molecule has 0 radical (unpaired) electrons. The van der Waals surface area contributed by atoms with Gasteiger partial charge >= 0.3 is 0 Å². The van der Waals surface area contributed by atoms with E-state index in [0.717, 1.165) is 16.9 Å². The van der Waals surface area contributed by atoms with Crippen LogP contribution in [-0.4, -0.2) is 38.8 Å². The largest absolute Gasteiger partial charge is 0.497 e. The summed E-state index contributed by atoms with van der Waals surface area (Å²) in [4.78, 5) is 12.6. The molecule has 0 aliphatic rings. The van der Waals surface area contributed by atoms with Gasteiger partial charge in [0.15, 0.2) is 0 Å². The van der Waals surface area contributed by atoms with E-state index in [1.807, 2.05) is 38.1 Å². The van der Waals surface area contributed by atoms with E-state index in [0.29, 0.717) is 0 Å². The van der Waals surface area contributed by atoms with Crippen LogP contribution in [0.1, 0.15) is 31.0 Å². The highest BCUT2D eigenvalue weighted by molar-refractivity contribution is 7.89. The summed E-state index contributed by atoms with van der Waals surface area (Å²) in [7, 11) is -2.13. The molecule has 27 heavy (non-hydrogen) atoms. The molecule has 146 valence electrons. The fraction of sp³-hybridized carbons (Fsp3) is 0.350. The van der Waals surface area contributed by atoms with E-state index < -0.39 is 10.0 Å². The number of carbonyl (C=O) groups excluding carboxylic acids is 1. The molecular formula is C20H26N2O4S. The smallest absolute Gasteiger partial charge is 0.243 e. The Balaban J connectivity index is 2.06. The van der Waals surface area contributed by atoms with Gasteiger partial charge in [0, 0.05) is 6.54 Å². The molecule has 0 aromatic heterocycles. The molecule has 0 aliphatic carbocycles. The SMILES string of the molecule is CCN(CC(=O)NC(C)c1ccc(OC)cc1)S(=O)(=O)c1ccc(C)cc1. The van der Waals surface area contributed by atoms with Crippen LogP contribution in [-0.2, 0) is 14.8 Å². The Morgan fingerprint density at radius 3 is 2.22 bits per heavy atom. The number of ether oxygens (including phenoxy) is 1. The second kappa shape index (κ2) is 9.01. The summed E-state index contributed by atoms with van der Waals surface area (Å²) in [6, 6.07) is 13.7. The molecule has 1 N–H and O–H groups in total. The molecule has 1 atom stereocenters. The molecule has 0 spiro atoms. The third-order valence-electron chi connectivity index (χ3n) is 4.32. The quantitative estimate of drug-likeness (QED) is 0.752. The molecule has 0 aliphatic heterocycles. The predicted octanol–water partition coefficient (Wildman–Crippen LogP) is 2.89. The van der Waals surface area contributed by atoms with Crippen molar-refractivity contribution in [2.75, 3.05) is 20.2 Å². The van der Waals surface area contributed by atoms with E-state index >= 15 is 0 Å². The van der Waals surface area contributed by atoms with Crippen LogP contribution in [0.15, 0.2) is 53.4 Å². The first-order valence-electron chi connectivity index (χ1n) is 8.78. The Bertz CT molecular complexity index is 862. The third-order valence-corrected chi connectivity index (χ3v) is 6.26. The van der Waals surface area contributed by atoms with Gasteiger partial charge in [0.05, 0.1) is 24.6 Å². The van der Waals surface area contributed by atoms with Crippen LogP contribution in [0.2, 0.25) is 0 Å². The van der Waals surface area contributed by atoms with E-state index in [1.54, 1.807) is 38.3 Å². The van der Waals surface area contributed by atoms with Crippen molar-refractivity contribution in [2.45, 2.75) is 31.7 Å². The third kappa shape index (κ3) is 5.30. The number of rotatable bonds is 8. The summed E-state index contributed by atoms with van der Waals surface area (Å²) >= 11 is 0. The number of hydrogen-bond acceptors (Lipinski definition) is 4. The van der Waals surface area contributed by atoms with Gasteiger partial charge in [-0.3, -0.25) is 4.79 Å². The minimum atomic E-state index is -3.72. The average molecular weight is 391 g/mol. The molecule has 2 aromatic rings. The van der Waals surface area contributed by atoms with Gasteiger partial charge < -0.3 is 10.1 Å². The Labute approximate surface area is 161 Å². The summed E-state index contributed by atoms with van der Waals surface area (Å²) < 4.78 is 31.8. The maximum Gasteiger partial charge on any atom is 0.243 e. The average Bonchev–Trinajstić information content (AvgIpc) is 2.66. The zero-order valence-corrected chi connectivity index (χ0v) is 16.9. The lowest BCUT2D eigenvalue weighted by Crippen LogP contribution is -2.41. The number of nitrogens with one attached hydrogen (secondary N) is 1. The highest BCUT2D eigenvalue weighted by atomic mass is 32.2. The van der Waals surface area contributed by atoms with Crippen molar-refractivity contribution in [1.82, 2.24) is 9.62 Å². The maximum atomic E-state index is 12.8. The predicted molar refractivity (Wildman–Crippen MR) is 105 cm³/mol. The minimum absolute atomic E-state index is 0.186. The van der Waals surface area contributed by atoms with Crippen molar-refractivity contribution < 1.29 is 17.9 Å². The van der Waals surface area contributed by atoms with Crippen LogP contribution >= 0.6 is 0 Å².